The second-order valence-electron chi connectivity index (χ2n) is 11.0. The largest absolute Gasteiger partial charge is 0.495 e. The standard InChI is InChI=1S/C28H36F2N4O5S/c1-39-25-5-3-20(18-24(25)34-14-10-28(29,30)11-15-34)31-26(36)22-4-2-21(32-40(37,38)17-16-35)19-23(22)33-12-8-27(6-7-27)9-13-33/h2-5,18-19,32,35H,6-17H2,1H3,(H,31,36). The van der Waals surface area contributed by atoms with Crippen molar-refractivity contribution in [2.45, 2.75) is 44.4 Å². The number of aliphatic hydroxyl groups excluding tert-OH is 1. The third kappa shape index (κ3) is 6.43. The molecule has 12 heteroatoms. The molecular weight excluding hydrogens is 542 g/mol. The molecule has 2 heterocycles. The molecule has 2 saturated heterocycles. The number of amides is 1. The highest BCUT2D eigenvalue weighted by Crippen LogP contribution is 2.54. The van der Waals surface area contributed by atoms with E-state index in [0.717, 1.165) is 25.9 Å². The third-order valence-electron chi connectivity index (χ3n) is 8.27. The molecule has 3 fully saturated rings. The Balaban J connectivity index is 1.40. The fourth-order valence-corrected chi connectivity index (χ4v) is 6.41. The predicted octanol–water partition coefficient (Wildman–Crippen LogP) is 4.30. The molecule has 1 amide bonds. The molecule has 0 unspecified atom stereocenters. The number of anilines is 4. The number of aliphatic hydroxyl groups is 1. The van der Waals surface area contributed by atoms with E-state index in [9.17, 15) is 22.0 Å². The van der Waals surface area contributed by atoms with Gasteiger partial charge in [0.1, 0.15) is 5.75 Å². The molecule has 40 heavy (non-hydrogen) atoms. The molecule has 9 nitrogen and oxygen atoms in total. The molecule has 0 bridgehead atoms. The van der Waals surface area contributed by atoms with E-state index in [1.54, 1.807) is 30.3 Å². The van der Waals surface area contributed by atoms with Gasteiger partial charge in [0, 0.05) is 44.7 Å². The Morgan fingerprint density at radius 2 is 1.52 bits per heavy atom. The van der Waals surface area contributed by atoms with Gasteiger partial charge < -0.3 is 25.0 Å². The van der Waals surface area contributed by atoms with Crippen molar-refractivity contribution in [2.75, 3.05) is 65.5 Å². The fourth-order valence-electron chi connectivity index (χ4n) is 5.59. The molecule has 3 N–H and O–H groups in total. The van der Waals surface area contributed by atoms with Crippen LogP contribution in [0.1, 0.15) is 48.9 Å². The van der Waals surface area contributed by atoms with Gasteiger partial charge in [0.25, 0.3) is 11.8 Å². The van der Waals surface area contributed by atoms with Crippen molar-refractivity contribution in [2.24, 2.45) is 5.41 Å². The van der Waals surface area contributed by atoms with Crippen molar-refractivity contribution in [3.8, 4) is 5.75 Å². The van der Waals surface area contributed by atoms with Crippen LogP contribution in [0, 0.1) is 5.41 Å². The van der Waals surface area contributed by atoms with E-state index in [2.05, 4.69) is 14.9 Å². The number of ether oxygens (including phenoxy) is 1. The Morgan fingerprint density at radius 1 is 0.925 bits per heavy atom. The van der Waals surface area contributed by atoms with E-state index in [1.165, 1.54) is 26.0 Å². The second-order valence-corrected chi connectivity index (χ2v) is 12.9. The molecule has 5 rings (SSSR count). The van der Waals surface area contributed by atoms with E-state index in [0.29, 0.717) is 39.5 Å². The maximum atomic E-state index is 13.7. The van der Waals surface area contributed by atoms with Crippen molar-refractivity contribution in [1.29, 1.82) is 0 Å². The number of halogens is 2. The lowest BCUT2D eigenvalue weighted by atomic mass is 9.93. The van der Waals surface area contributed by atoms with E-state index >= 15 is 0 Å². The summed E-state index contributed by atoms with van der Waals surface area (Å²) in [6.07, 6.45) is 3.99. The number of carbonyl (C=O) groups is 1. The molecular formula is C28H36F2N4O5S. The van der Waals surface area contributed by atoms with E-state index < -0.39 is 28.3 Å². The molecule has 2 aromatic rings. The number of nitrogens with zero attached hydrogens (tertiary/aromatic N) is 2. The molecule has 0 radical (unpaired) electrons. The molecule has 2 aliphatic heterocycles. The number of methoxy groups -OCH3 is 1. The zero-order chi connectivity index (χ0) is 28.5. The summed E-state index contributed by atoms with van der Waals surface area (Å²) >= 11 is 0. The first-order valence-corrected chi connectivity index (χ1v) is 15.3. The van der Waals surface area contributed by atoms with Gasteiger partial charge in [-0.25, -0.2) is 17.2 Å². The Bertz CT molecular complexity index is 1350. The Morgan fingerprint density at radius 3 is 2.15 bits per heavy atom. The topological polar surface area (TPSA) is 111 Å². The molecule has 1 saturated carbocycles. The summed E-state index contributed by atoms with van der Waals surface area (Å²) in [5.41, 5.74) is 2.89. The summed E-state index contributed by atoms with van der Waals surface area (Å²) in [5, 5.41) is 12.0. The quantitative estimate of drug-likeness (QED) is 0.407. The van der Waals surface area contributed by atoms with Crippen molar-refractivity contribution >= 4 is 38.7 Å². The maximum Gasteiger partial charge on any atom is 0.257 e. The lowest BCUT2D eigenvalue weighted by Gasteiger charge is -2.35. The average Bonchev–Trinajstić information content (AvgIpc) is 3.67. The first-order chi connectivity index (χ1) is 19.0. The summed E-state index contributed by atoms with van der Waals surface area (Å²) in [5.74, 6) is -2.94. The van der Waals surface area contributed by atoms with Crippen LogP contribution in [0.4, 0.5) is 31.5 Å². The van der Waals surface area contributed by atoms with Crippen LogP contribution in [0.3, 0.4) is 0 Å². The van der Waals surface area contributed by atoms with Crippen LogP contribution in [0.25, 0.3) is 0 Å². The highest BCUT2D eigenvalue weighted by Gasteiger charge is 2.44. The van der Waals surface area contributed by atoms with Crippen LogP contribution in [0.5, 0.6) is 5.75 Å². The lowest BCUT2D eigenvalue weighted by molar-refractivity contribution is -0.0221. The van der Waals surface area contributed by atoms with Crippen LogP contribution >= 0.6 is 0 Å². The van der Waals surface area contributed by atoms with E-state index in [-0.39, 0.29) is 31.8 Å². The summed E-state index contributed by atoms with van der Waals surface area (Å²) in [6.45, 7) is 1.38. The van der Waals surface area contributed by atoms with Gasteiger partial charge in [-0.2, -0.15) is 0 Å². The number of hydrogen-bond donors (Lipinski definition) is 3. The normalized spacial score (nSPS) is 19.8. The second kappa shape index (κ2) is 11.0. The highest BCUT2D eigenvalue weighted by atomic mass is 32.2. The van der Waals surface area contributed by atoms with Crippen molar-refractivity contribution in [1.82, 2.24) is 0 Å². The summed E-state index contributed by atoms with van der Waals surface area (Å²) < 4.78 is 60.0. The molecule has 1 aliphatic carbocycles. The summed E-state index contributed by atoms with van der Waals surface area (Å²) in [4.78, 5) is 17.6. The Hall–Kier alpha value is -3.12. The smallest absolute Gasteiger partial charge is 0.257 e. The van der Waals surface area contributed by atoms with Gasteiger partial charge in [-0.3, -0.25) is 9.52 Å². The van der Waals surface area contributed by atoms with Crippen LogP contribution in [0.2, 0.25) is 0 Å². The number of benzene rings is 2. The predicted molar refractivity (Wildman–Crippen MR) is 151 cm³/mol. The number of alkyl halides is 2. The molecule has 3 aliphatic rings. The number of rotatable bonds is 9. The summed E-state index contributed by atoms with van der Waals surface area (Å²) in [7, 11) is -2.22. The lowest BCUT2D eigenvalue weighted by Crippen LogP contribution is -2.39. The molecule has 2 aromatic carbocycles. The first kappa shape index (κ1) is 28.4. The average molecular weight is 579 g/mol. The van der Waals surface area contributed by atoms with Gasteiger partial charge in [-0.15, -0.1) is 0 Å². The van der Waals surface area contributed by atoms with Gasteiger partial charge in [0.15, 0.2) is 0 Å². The monoisotopic (exact) mass is 578 g/mol. The Labute approximate surface area is 233 Å². The molecule has 0 aromatic heterocycles. The molecule has 218 valence electrons. The molecule has 1 spiro atoms. The molecule has 0 atom stereocenters. The summed E-state index contributed by atoms with van der Waals surface area (Å²) in [6, 6.07) is 9.94. The van der Waals surface area contributed by atoms with Gasteiger partial charge >= 0.3 is 0 Å². The SMILES string of the molecule is COc1ccc(NC(=O)c2ccc(NS(=O)(=O)CCO)cc2N2CCC3(CC2)CC3)cc1N1CCC(F)(F)CC1. The first-order valence-electron chi connectivity index (χ1n) is 13.6. The van der Waals surface area contributed by atoms with Gasteiger partial charge in [0.2, 0.25) is 10.0 Å². The number of sulfonamides is 1. The zero-order valence-electron chi connectivity index (χ0n) is 22.6. The number of carbonyl (C=O) groups excluding carboxylic acids is 1. The van der Waals surface area contributed by atoms with Gasteiger partial charge in [-0.05, 0) is 67.5 Å². The number of piperidine rings is 2. The maximum absolute atomic E-state index is 13.7. The van der Waals surface area contributed by atoms with Gasteiger partial charge in [-0.1, -0.05) is 0 Å². The van der Waals surface area contributed by atoms with E-state index in [4.69, 9.17) is 9.84 Å². The van der Waals surface area contributed by atoms with Crippen molar-refractivity contribution < 1.29 is 31.8 Å². The van der Waals surface area contributed by atoms with Crippen molar-refractivity contribution in [3.63, 3.8) is 0 Å². The minimum atomic E-state index is -3.73. The number of hydrogen-bond acceptors (Lipinski definition) is 7. The highest BCUT2D eigenvalue weighted by molar-refractivity contribution is 7.92. The van der Waals surface area contributed by atoms with Crippen LogP contribution < -0.4 is 24.6 Å². The third-order valence-corrected chi connectivity index (χ3v) is 9.54. The number of nitrogens with one attached hydrogen (secondary N) is 2. The Kier molecular flexibility index (Phi) is 7.84. The van der Waals surface area contributed by atoms with Crippen molar-refractivity contribution in [3.05, 3.63) is 42.0 Å². The zero-order valence-corrected chi connectivity index (χ0v) is 23.4. The van der Waals surface area contributed by atoms with Crippen LogP contribution in [-0.2, 0) is 10.0 Å². The minimum Gasteiger partial charge on any atom is -0.495 e. The fraction of sp³-hybridized carbons (Fsp3) is 0.536. The van der Waals surface area contributed by atoms with Crippen LogP contribution in [-0.4, -0.2) is 71.0 Å². The van der Waals surface area contributed by atoms with E-state index in [1.807, 2.05) is 4.90 Å². The van der Waals surface area contributed by atoms with Crippen LogP contribution in [0.15, 0.2) is 36.4 Å². The minimum absolute atomic E-state index is 0.176. The van der Waals surface area contributed by atoms with Gasteiger partial charge in [0.05, 0.1) is 42.1 Å².